The highest BCUT2D eigenvalue weighted by Gasteiger charge is 2.51. The lowest BCUT2D eigenvalue weighted by atomic mass is 9.85. The predicted molar refractivity (Wildman–Crippen MR) is 76.4 cm³/mol. The monoisotopic (exact) mass is 292 g/mol. The van der Waals surface area contributed by atoms with Gasteiger partial charge in [-0.15, -0.1) is 0 Å². The van der Waals surface area contributed by atoms with Gasteiger partial charge in [0, 0.05) is 0 Å². The van der Waals surface area contributed by atoms with Crippen molar-refractivity contribution in [3.63, 3.8) is 0 Å². The molecule has 1 unspecified atom stereocenters. The molecule has 2 rings (SSSR count). The lowest BCUT2D eigenvalue weighted by Crippen LogP contribution is -2.44. The van der Waals surface area contributed by atoms with Gasteiger partial charge in [-0.05, 0) is 12.0 Å². The van der Waals surface area contributed by atoms with Crippen LogP contribution in [0.5, 0.6) is 0 Å². The molecule has 0 aliphatic carbocycles. The third-order valence-corrected chi connectivity index (χ3v) is 3.67. The van der Waals surface area contributed by atoms with Crippen molar-refractivity contribution >= 4 is 11.9 Å². The van der Waals surface area contributed by atoms with Gasteiger partial charge in [-0.25, -0.2) is 4.79 Å². The smallest absolute Gasteiger partial charge is 0.325 e. The van der Waals surface area contributed by atoms with Crippen LogP contribution in [-0.2, 0) is 10.3 Å². The lowest BCUT2D eigenvalue weighted by Gasteiger charge is -2.27. The van der Waals surface area contributed by atoms with Crippen molar-refractivity contribution in [2.45, 2.75) is 31.4 Å². The molecule has 1 heterocycles. The van der Waals surface area contributed by atoms with Crippen LogP contribution in [0.2, 0.25) is 0 Å². The fourth-order valence-electron chi connectivity index (χ4n) is 2.67. The summed E-state index contributed by atoms with van der Waals surface area (Å²) < 4.78 is 0. The van der Waals surface area contributed by atoms with E-state index in [0.29, 0.717) is 6.42 Å². The van der Waals surface area contributed by atoms with E-state index in [1.54, 1.807) is 12.1 Å². The van der Waals surface area contributed by atoms with Crippen molar-refractivity contribution in [3.05, 3.63) is 35.9 Å². The number of urea groups is 1. The predicted octanol–water partition coefficient (Wildman–Crippen LogP) is 0.587. The first kappa shape index (κ1) is 15.5. The Labute approximate surface area is 123 Å². The number of nitrogens with one attached hydrogen (secondary N) is 1. The van der Waals surface area contributed by atoms with Gasteiger partial charge >= 0.3 is 6.03 Å². The lowest BCUT2D eigenvalue weighted by molar-refractivity contribution is -0.133. The number of nitrogens with zero attached hydrogens (tertiary/aromatic N) is 1. The molecule has 1 aliphatic rings. The Morgan fingerprint density at radius 2 is 1.95 bits per heavy atom. The average Bonchev–Trinajstić information content (AvgIpc) is 2.73. The summed E-state index contributed by atoms with van der Waals surface area (Å²) in [6.45, 7) is 1.23. The number of hydrogen-bond acceptors (Lipinski definition) is 4. The van der Waals surface area contributed by atoms with Crippen LogP contribution in [0.4, 0.5) is 4.79 Å². The molecule has 0 bridgehead atoms. The summed E-state index contributed by atoms with van der Waals surface area (Å²) in [5.41, 5.74) is -0.353. The fourth-order valence-corrected chi connectivity index (χ4v) is 2.67. The first-order valence-electron chi connectivity index (χ1n) is 7.03. The maximum absolute atomic E-state index is 12.7. The van der Waals surface area contributed by atoms with E-state index >= 15 is 0 Å². The topological polar surface area (TPSA) is 89.9 Å². The quantitative estimate of drug-likeness (QED) is 0.669. The van der Waals surface area contributed by atoms with Gasteiger partial charge in [0.25, 0.3) is 5.91 Å². The van der Waals surface area contributed by atoms with E-state index < -0.39 is 24.3 Å². The van der Waals surface area contributed by atoms with E-state index in [1.165, 1.54) is 0 Å². The molecule has 0 aromatic heterocycles. The largest absolute Gasteiger partial charge is 0.394 e. The molecule has 0 radical (unpaired) electrons. The summed E-state index contributed by atoms with van der Waals surface area (Å²) in [4.78, 5) is 25.8. The minimum atomic E-state index is -1.13. The molecule has 0 saturated carbocycles. The molecular weight excluding hydrogens is 272 g/mol. The summed E-state index contributed by atoms with van der Waals surface area (Å²) >= 11 is 0. The van der Waals surface area contributed by atoms with E-state index in [2.05, 4.69) is 5.32 Å². The summed E-state index contributed by atoms with van der Waals surface area (Å²) in [6, 6.07) is 8.55. The third-order valence-electron chi connectivity index (χ3n) is 3.67. The van der Waals surface area contributed by atoms with Gasteiger partial charge in [0.05, 0.1) is 19.3 Å². The second-order valence-corrected chi connectivity index (χ2v) is 5.20. The maximum atomic E-state index is 12.7. The number of aliphatic hydroxyl groups excluding tert-OH is 2. The number of β-amino-alcohol motifs (C(OH)–C–C–N with tert-alkyl or cyclic N) is 1. The summed E-state index contributed by atoms with van der Waals surface area (Å²) in [5.74, 6) is -0.381. The van der Waals surface area contributed by atoms with Crippen LogP contribution in [0, 0.1) is 0 Å². The zero-order valence-corrected chi connectivity index (χ0v) is 12.0. The molecular formula is C15H20N2O4. The molecule has 3 N–H and O–H groups in total. The van der Waals surface area contributed by atoms with Gasteiger partial charge in [-0.1, -0.05) is 43.7 Å². The van der Waals surface area contributed by atoms with Crippen LogP contribution in [0.3, 0.4) is 0 Å². The minimum absolute atomic E-state index is 0.209. The Hall–Kier alpha value is -1.92. The maximum Gasteiger partial charge on any atom is 0.325 e. The first-order chi connectivity index (χ1) is 10.0. The van der Waals surface area contributed by atoms with Gasteiger partial charge in [0.2, 0.25) is 0 Å². The number of rotatable bonds is 6. The number of carbonyl (C=O) groups is 2. The van der Waals surface area contributed by atoms with Crippen LogP contribution in [0.1, 0.15) is 25.3 Å². The standard InChI is InChI=1S/C15H20N2O4/c1-2-8-15(11-6-4-3-5-7-11)13(20)17(14(21)16-15)9-12(19)10-18/h3-7,12,18-19H,2,8-10H2,1H3,(H,16,21)/t12-,15?/m0/s1. The summed E-state index contributed by atoms with van der Waals surface area (Å²) in [7, 11) is 0. The molecule has 6 heteroatoms. The van der Waals surface area contributed by atoms with E-state index in [0.717, 1.165) is 16.9 Å². The number of amides is 3. The van der Waals surface area contributed by atoms with Crippen LogP contribution in [0.25, 0.3) is 0 Å². The van der Waals surface area contributed by atoms with E-state index in [-0.39, 0.29) is 12.5 Å². The van der Waals surface area contributed by atoms with Crippen molar-refractivity contribution in [1.29, 1.82) is 0 Å². The molecule has 114 valence electrons. The van der Waals surface area contributed by atoms with Crippen molar-refractivity contribution in [1.82, 2.24) is 10.2 Å². The molecule has 0 spiro atoms. The number of imide groups is 1. The zero-order chi connectivity index (χ0) is 15.5. The van der Waals surface area contributed by atoms with Crippen molar-refractivity contribution in [2.75, 3.05) is 13.2 Å². The van der Waals surface area contributed by atoms with Gasteiger partial charge in [-0.2, -0.15) is 0 Å². The zero-order valence-electron chi connectivity index (χ0n) is 12.0. The SMILES string of the molecule is CCCC1(c2ccccc2)NC(=O)N(C[C@H](O)CO)C1=O. The van der Waals surface area contributed by atoms with Crippen molar-refractivity contribution < 1.29 is 19.8 Å². The normalized spacial score (nSPS) is 23.3. The average molecular weight is 292 g/mol. The number of carbonyl (C=O) groups excluding carboxylic acids is 2. The van der Waals surface area contributed by atoms with E-state index in [4.69, 9.17) is 5.11 Å². The Balaban J connectivity index is 2.35. The van der Waals surface area contributed by atoms with Gasteiger partial charge in [0.15, 0.2) is 0 Å². The van der Waals surface area contributed by atoms with Gasteiger partial charge in [0.1, 0.15) is 5.54 Å². The van der Waals surface area contributed by atoms with Crippen LogP contribution in [0.15, 0.2) is 30.3 Å². The summed E-state index contributed by atoms with van der Waals surface area (Å²) in [6.07, 6.45) is 0.0674. The highest BCUT2D eigenvalue weighted by Crippen LogP contribution is 2.33. The van der Waals surface area contributed by atoms with Gasteiger partial charge < -0.3 is 15.5 Å². The second kappa shape index (κ2) is 6.24. The highest BCUT2D eigenvalue weighted by molar-refractivity contribution is 6.07. The molecule has 21 heavy (non-hydrogen) atoms. The Morgan fingerprint density at radius 3 is 2.52 bits per heavy atom. The van der Waals surface area contributed by atoms with Crippen LogP contribution >= 0.6 is 0 Å². The number of aliphatic hydroxyl groups is 2. The first-order valence-corrected chi connectivity index (χ1v) is 7.03. The summed E-state index contributed by atoms with van der Waals surface area (Å²) in [5, 5.41) is 21.2. The third kappa shape index (κ3) is 2.77. The minimum Gasteiger partial charge on any atom is -0.394 e. The molecule has 1 aromatic carbocycles. The van der Waals surface area contributed by atoms with Gasteiger partial charge in [-0.3, -0.25) is 9.69 Å². The van der Waals surface area contributed by atoms with Crippen molar-refractivity contribution in [3.8, 4) is 0 Å². The fraction of sp³-hybridized carbons (Fsp3) is 0.467. The molecule has 1 fully saturated rings. The molecule has 2 atom stereocenters. The Kier molecular flexibility index (Phi) is 4.59. The number of hydrogen-bond donors (Lipinski definition) is 3. The molecule has 1 aromatic rings. The molecule has 6 nitrogen and oxygen atoms in total. The van der Waals surface area contributed by atoms with Crippen LogP contribution < -0.4 is 5.32 Å². The Bertz CT molecular complexity index is 520. The van der Waals surface area contributed by atoms with E-state index in [9.17, 15) is 14.7 Å². The highest BCUT2D eigenvalue weighted by atomic mass is 16.3. The Morgan fingerprint density at radius 1 is 1.29 bits per heavy atom. The number of benzene rings is 1. The molecule has 1 saturated heterocycles. The second-order valence-electron chi connectivity index (χ2n) is 5.20. The van der Waals surface area contributed by atoms with E-state index in [1.807, 2.05) is 25.1 Å². The van der Waals surface area contributed by atoms with Crippen molar-refractivity contribution in [2.24, 2.45) is 0 Å². The molecule has 1 aliphatic heterocycles. The molecule has 3 amide bonds. The van der Waals surface area contributed by atoms with Crippen LogP contribution in [-0.4, -0.2) is 46.3 Å².